The maximum Gasteiger partial charge on any atom is 0.146 e. The van der Waals surface area contributed by atoms with Crippen LogP contribution in [0.5, 0.6) is 0 Å². The van der Waals surface area contributed by atoms with Crippen LogP contribution in [0.2, 0.25) is 0 Å². The summed E-state index contributed by atoms with van der Waals surface area (Å²) in [5, 5.41) is 0. The van der Waals surface area contributed by atoms with E-state index in [0.717, 1.165) is 19.3 Å². The highest BCUT2D eigenvalue weighted by molar-refractivity contribution is 5.94. The Hall–Kier alpha value is -1.11. The molecule has 0 heterocycles. The smallest absolute Gasteiger partial charge is 0.146 e. The van der Waals surface area contributed by atoms with Gasteiger partial charge >= 0.3 is 0 Å². The molecule has 0 aromatic heterocycles. The third-order valence-corrected chi connectivity index (χ3v) is 4.72. The molecule has 0 spiro atoms. The van der Waals surface area contributed by atoms with Gasteiger partial charge in [0.1, 0.15) is 5.78 Å². The fourth-order valence-corrected chi connectivity index (χ4v) is 3.72. The maximum atomic E-state index is 12.7. The van der Waals surface area contributed by atoms with Crippen LogP contribution >= 0.6 is 0 Å². The third-order valence-electron chi connectivity index (χ3n) is 4.72. The molecule has 1 aromatic rings. The van der Waals surface area contributed by atoms with Crippen LogP contribution in [0.4, 0.5) is 0 Å². The van der Waals surface area contributed by atoms with E-state index in [2.05, 4.69) is 31.2 Å². The van der Waals surface area contributed by atoms with E-state index in [1.807, 2.05) is 0 Å². The lowest BCUT2D eigenvalue weighted by Gasteiger charge is -2.40. The first-order valence-electron chi connectivity index (χ1n) is 6.84. The highest BCUT2D eigenvalue weighted by Gasteiger charge is 2.44. The number of benzene rings is 1. The van der Waals surface area contributed by atoms with Gasteiger partial charge in [-0.3, -0.25) is 4.79 Å². The van der Waals surface area contributed by atoms with Gasteiger partial charge in [-0.25, -0.2) is 0 Å². The predicted molar refractivity (Wildman–Crippen MR) is 69.1 cm³/mol. The highest BCUT2D eigenvalue weighted by atomic mass is 16.1. The van der Waals surface area contributed by atoms with Crippen LogP contribution in [0.25, 0.3) is 0 Å². The van der Waals surface area contributed by atoms with Crippen LogP contribution in [0.1, 0.15) is 50.2 Å². The van der Waals surface area contributed by atoms with Crippen LogP contribution in [0.15, 0.2) is 24.3 Å². The summed E-state index contributed by atoms with van der Waals surface area (Å²) in [6.45, 7) is 2.17. The molecule has 0 aliphatic heterocycles. The number of fused-ring (bicyclic) bond motifs is 4. The van der Waals surface area contributed by atoms with Crippen LogP contribution in [0.3, 0.4) is 0 Å². The molecule has 90 valence electrons. The summed E-state index contributed by atoms with van der Waals surface area (Å²) in [5.74, 6) is 0.797. The van der Waals surface area contributed by atoms with Crippen molar-refractivity contribution in [2.75, 3.05) is 0 Å². The Bertz CT molecular complexity index is 449. The Morgan fingerprint density at radius 1 is 1.18 bits per heavy atom. The minimum atomic E-state index is -0.195. The summed E-state index contributed by atoms with van der Waals surface area (Å²) in [7, 11) is 0. The number of rotatable bonds is 0. The van der Waals surface area contributed by atoms with Crippen LogP contribution in [-0.2, 0) is 16.6 Å². The zero-order chi connectivity index (χ0) is 11.9. The van der Waals surface area contributed by atoms with Crippen molar-refractivity contribution in [1.29, 1.82) is 0 Å². The average Bonchev–Trinajstić information content (AvgIpc) is 2.35. The van der Waals surface area contributed by atoms with Gasteiger partial charge in [0.2, 0.25) is 0 Å². The van der Waals surface area contributed by atoms with E-state index in [-0.39, 0.29) is 11.3 Å². The molecule has 2 aliphatic rings. The monoisotopic (exact) mass is 228 g/mol. The van der Waals surface area contributed by atoms with Gasteiger partial charge in [0, 0.05) is 5.92 Å². The van der Waals surface area contributed by atoms with Crippen molar-refractivity contribution in [3.63, 3.8) is 0 Å². The molecule has 0 saturated heterocycles. The Morgan fingerprint density at radius 2 is 2.00 bits per heavy atom. The molecule has 1 heteroatoms. The van der Waals surface area contributed by atoms with Crippen LogP contribution in [-0.4, -0.2) is 5.78 Å². The topological polar surface area (TPSA) is 17.1 Å². The minimum absolute atomic E-state index is 0.195. The predicted octanol–water partition coefficient (Wildman–Crippen LogP) is 3.65. The summed E-state index contributed by atoms with van der Waals surface area (Å²) < 4.78 is 0. The summed E-state index contributed by atoms with van der Waals surface area (Å²) in [6.07, 6.45) is 6.84. The van der Waals surface area contributed by atoms with Gasteiger partial charge in [0.25, 0.3) is 0 Å². The molecular weight excluding hydrogens is 208 g/mol. The summed E-state index contributed by atoms with van der Waals surface area (Å²) in [5.41, 5.74) is 2.53. The fourth-order valence-electron chi connectivity index (χ4n) is 3.72. The number of Topliss-reactive ketones (excluding diaryl/α,β-unsaturated/α-hetero) is 1. The third kappa shape index (κ3) is 1.64. The molecule has 2 bridgehead atoms. The molecule has 0 amide bonds. The Labute approximate surface area is 103 Å². The quantitative estimate of drug-likeness (QED) is 0.662. The van der Waals surface area contributed by atoms with Crippen molar-refractivity contribution < 1.29 is 4.79 Å². The fraction of sp³-hybridized carbons (Fsp3) is 0.562. The van der Waals surface area contributed by atoms with Gasteiger partial charge < -0.3 is 0 Å². The summed E-state index contributed by atoms with van der Waals surface area (Å²) in [4.78, 5) is 12.7. The second-order valence-corrected chi connectivity index (χ2v) is 5.85. The lowest BCUT2D eigenvalue weighted by molar-refractivity contribution is -0.129. The minimum Gasteiger partial charge on any atom is -0.298 e. The van der Waals surface area contributed by atoms with Gasteiger partial charge in [-0.15, -0.1) is 0 Å². The van der Waals surface area contributed by atoms with Crippen molar-refractivity contribution in [2.24, 2.45) is 5.92 Å². The van der Waals surface area contributed by atoms with Crippen molar-refractivity contribution in [1.82, 2.24) is 0 Å². The molecule has 1 fully saturated rings. The lowest BCUT2D eigenvalue weighted by Crippen LogP contribution is -2.43. The summed E-state index contributed by atoms with van der Waals surface area (Å²) in [6, 6.07) is 8.58. The first-order valence-corrected chi connectivity index (χ1v) is 6.84. The maximum absolute atomic E-state index is 12.7. The van der Waals surface area contributed by atoms with E-state index in [4.69, 9.17) is 0 Å². The Morgan fingerprint density at radius 3 is 2.88 bits per heavy atom. The second kappa shape index (κ2) is 3.97. The number of carbonyl (C=O) groups is 1. The molecule has 0 radical (unpaired) electrons. The average molecular weight is 228 g/mol. The van der Waals surface area contributed by atoms with Gasteiger partial charge in [0.15, 0.2) is 0 Å². The molecular formula is C16H20O. The van der Waals surface area contributed by atoms with Crippen molar-refractivity contribution in [3.8, 4) is 0 Å². The molecule has 2 aliphatic carbocycles. The van der Waals surface area contributed by atoms with Crippen LogP contribution in [0, 0.1) is 5.92 Å². The zero-order valence-electron chi connectivity index (χ0n) is 10.5. The normalized spacial score (nSPS) is 32.5. The molecule has 3 rings (SSSR count). The SMILES string of the molecule is CC12CCCCCC(Cc3ccccc31)C2=O. The molecule has 2 atom stereocenters. The summed E-state index contributed by atoms with van der Waals surface area (Å²) >= 11 is 0. The number of hydrogen-bond acceptors (Lipinski definition) is 1. The van der Waals surface area contributed by atoms with Crippen molar-refractivity contribution >= 4 is 5.78 Å². The largest absolute Gasteiger partial charge is 0.298 e. The van der Waals surface area contributed by atoms with E-state index in [1.165, 1.54) is 30.4 Å². The Kier molecular flexibility index (Phi) is 2.57. The number of carbonyl (C=O) groups excluding carboxylic acids is 1. The molecule has 1 aromatic carbocycles. The van der Waals surface area contributed by atoms with Gasteiger partial charge in [-0.05, 0) is 37.3 Å². The standard InChI is InChI=1S/C16H20O/c1-16-10-6-2-3-8-13(15(16)17)11-12-7-4-5-9-14(12)16/h4-5,7,9,13H,2-3,6,8,10-11H2,1H3. The highest BCUT2D eigenvalue weighted by Crippen LogP contribution is 2.43. The van der Waals surface area contributed by atoms with Crippen molar-refractivity contribution in [3.05, 3.63) is 35.4 Å². The molecule has 1 nitrogen and oxygen atoms in total. The Balaban J connectivity index is 2.13. The first kappa shape index (κ1) is 11.0. The van der Waals surface area contributed by atoms with E-state index in [0.29, 0.717) is 5.78 Å². The van der Waals surface area contributed by atoms with Gasteiger partial charge in [-0.2, -0.15) is 0 Å². The lowest BCUT2D eigenvalue weighted by atomic mass is 9.62. The number of hydrogen-bond donors (Lipinski definition) is 0. The molecule has 1 saturated carbocycles. The van der Waals surface area contributed by atoms with Crippen LogP contribution < -0.4 is 0 Å². The molecule has 2 unspecified atom stereocenters. The molecule has 17 heavy (non-hydrogen) atoms. The van der Waals surface area contributed by atoms with E-state index in [9.17, 15) is 4.79 Å². The number of ketones is 1. The first-order chi connectivity index (χ1) is 8.22. The van der Waals surface area contributed by atoms with E-state index >= 15 is 0 Å². The van der Waals surface area contributed by atoms with E-state index < -0.39 is 0 Å². The zero-order valence-corrected chi connectivity index (χ0v) is 10.5. The van der Waals surface area contributed by atoms with Gasteiger partial charge in [0.05, 0.1) is 5.41 Å². The van der Waals surface area contributed by atoms with Gasteiger partial charge in [-0.1, -0.05) is 43.5 Å². The second-order valence-electron chi connectivity index (χ2n) is 5.85. The van der Waals surface area contributed by atoms with Crippen molar-refractivity contribution in [2.45, 2.75) is 50.9 Å². The molecule has 0 N–H and O–H groups in total. The van der Waals surface area contributed by atoms with E-state index in [1.54, 1.807) is 0 Å².